The molecule has 2 N–H and O–H groups in total. The minimum absolute atomic E-state index is 0.0646. The summed E-state index contributed by atoms with van der Waals surface area (Å²) in [6, 6.07) is 12.7. The van der Waals surface area contributed by atoms with Gasteiger partial charge in [0.05, 0.1) is 11.8 Å². The number of hydrogen-bond donors (Lipinski definition) is 2. The van der Waals surface area contributed by atoms with E-state index in [4.69, 9.17) is 0 Å². The van der Waals surface area contributed by atoms with E-state index in [1.807, 2.05) is 73.4 Å². The van der Waals surface area contributed by atoms with Crippen molar-refractivity contribution < 1.29 is 14.7 Å². The van der Waals surface area contributed by atoms with Crippen molar-refractivity contribution in [3.8, 4) is 11.1 Å². The van der Waals surface area contributed by atoms with Gasteiger partial charge in [-0.1, -0.05) is 12.1 Å². The van der Waals surface area contributed by atoms with Crippen molar-refractivity contribution >= 4 is 34.2 Å². The number of anilines is 1. The number of amides is 2. The van der Waals surface area contributed by atoms with Gasteiger partial charge in [-0.25, -0.2) is 14.5 Å². The van der Waals surface area contributed by atoms with Crippen molar-refractivity contribution in [1.29, 1.82) is 0 Å². The summed E-state index contributed by atoms with van der Waals surface area (Å²) in [5.74, 6) is 0.0860. The fraction of sp³-hybridized carbons (Fsp3) is 0.276. The molecular formula is C29H29N7O3. The molecule has 0 saturated carbocycles. The Labute approximate surface area is 224 Å². The molecule has 1 aliphatic rings. The molecule has 1 saturated heterocycles. The number of hydrogen-bond acceptors (Lipinski definition) is 6. The highest BCUT2D eigenvalue weighted by Gasteiger charge is 2.37. The monoisotopic (exact) mass is 523 g/mol. The van der Waals surface area contributed by atoms with Crippen LogP contribution in [-0.2, 0) is 16.1 Å². The lowest BCUT2D eigenvalue weighted by atomic mass is 10.0. The molecule has 2 atom stereocenters. The van der Waals surface area contributed by atoms with Crippen LogP contribution in [0.4, 0.5) is 5.82 Å². The maximum Gasteiger partial charge on any atom is 0.248 e. The Balaban J connectivity index is 1.24. The van der Waals surface area contributed by atoms with Crippen LogP contribution in [0.2, 0.25) is 0 Å². The molecular weight excluding hydrogens is 494 g/mol. The van der Waals surface area contributed by atoms with E-state index in [1.54, 1.807) is 22.4 Å². The number of fused-ring (bicyclic) bond motifs is 2. The topological polar surface area (TPSA) is 118 Å². The van der Waals surface area contributed by atoms with Gasteiger partial charge in [0.1, 0.15) is 18.4 Å². The molecule has 5 heterocycles. The zero-order valence-electron chi connectivity index (χ0n) is 22.0. The third-order valence-electron chi connectivity index (χ3n) is 7.22. The summed E-state index contributed by atoms with van der Waals surface area (Å²) in [7, 11) is 0. The minimum Gasteiger partial charge on any atom is -0.389 e. The first kappa shape index (κ1) is 24.7. The molecule has 10 heteroatoms. The number of rotatable bonds is 6. The summed E-state index contributed by atoms with van der Waals surface area (Å²) in [6.45, 7) is 6.08. The summed E-state index contributed by atoms with van der Waals surface area (Å²) in [5, 5.41) is 18.7. The molecule has 0 bridgehead atoms. The first-order valence-electron chi connectivity index (χ1n) is 12.9. The first-order valence-corrected chi connectivity index (χ1v) is 12.9. The zero-order chi connectivity index (χ0) is 27.3. The lowest BCUT2D eigenvalue weighted by molar-refractivity contribution is -0.145. The molecule has 1 aliphatic heterocycles. The van der Waals surface area contributed by atoms with Gasteiger partial charge >= 0.3 is 0 Å². The number of aliphatic hydroxyl groups excluding tert-OH is 1. The van der Waals surface area contributed by atoms with Crippen LogP contribution in [0.1, 0.15) is 36.4 Å². The maximum atomic E-state index is 13.3. The third-order valence-corrected chi connectivity index (χ3v) is 7.22. The van der Waals surface area contributed by atoms with Gasteiger partial charge in [0.25, 0.3) is 0 Å². The summed E-state index contributed by atoms with van der Waals surface area (Å²) in [6.07, 6.45) is 5.44. The van der Waals surface area contributed by atoms with Crippen molar-refractivity contribution in [2.75, 3.05) is 11.9 Å². The maximum absolute atomic E-state index is 13.3. The first-order chi connectivity index (χ1) is 18.8. The number of pyridine rings is 1. The highest BCUT2D eigenvalue weighted by Crippen LogP contribution is 2.31. The number of likely N-dealkylation sites (tertiary alicyclic amines) is 1. The highest BCUT2D eigenvalue weighted by molar-refractivity contribution is 5.98. The predicted octanol–water partition coefficient (Wildman–Crippen LogP) is 3.66. The molecule has 2 amide bonds. The van der Waals surface area contributed by atoms with Crippen LogP contribution < -0.4 is 5.32 Å². The highest BCUT2D eigenvalue weighted by atomic mass is 16.3. The van der Waals surface area contributed by atoms with E-state index < -0.39 is 12.1 Å². The fourth-order valence-electron chi connectivity index (χ4n) is 5.13. The molecule has 1 aromatic carbocycles. The van der Waals surface area contributed by atoms with Crippen LogP contribution in [-0.4, -0.2) is 58.6 Å². The van der Waals surface area contributed by atoms with E-state index >= 15 is 0 Å². The molecule has 10 nitrogen and oxygen atoms in total. The second-order valence-electron chi connectivity index (χ2n) is 10.1. The zero-order valence-corrected chi connectivity index (χ0v) is 22.0. The quantitative estimate of drug-likeness (QED) is 0.351. The number of carbonyl (C=O) groups excluding carboxylic acids is 2. The van der Waals surface area contributed by atoms with Gasteiger partial charge in [-0.05, 0) is 57.0 Å². The van der Waals surface area contributed by atoms with Gasteiger partial charge in [0.15, 0.2) is 5.65 Å². The van der Waals surface area contributed by atoms with Crippen molar-refractivity contribution in [3.63, 3.8) is 0 Å². The number of benzene rings is 1. The van der Waals surface area contributed by atoms with Crippen molar-refractivity contribution in [1.82, 2.24) is 29.0 Å². The Morgan fingerprint density at radius 1 is 1.10 bits per heavy atom. The molecule has 1 unspecified atom stereocenters. The minimum atomic E-state index is -0.724. The lowest BCUT2D eigenvalue weighted by Crippen LogP contribution is -2.57. The number of aromatic nitrogens is 5. The number of carbonyl (C=O) groups is 2. The van der Waals surface area contributed by atoms with Crippen molar-refractivity contribution in [2.24, 2.45) is 0 Å². The lowest BCUT2D eigenvalue weighted by Gasteiger charge is -2.39. The van der Waals surface area contributed by atoms with Crippen LogP contribution in [0.5, 0.6) is 0 Å². The standard InChI is InChI=1S/C29H29N7O3/c1-17-5-4-6-26(31-17)32-29(39)25-9-10-35(25)28(38)16-34-15-23(19(3)37)22-12-20(7-8-24(22)34)21-13-30-27-11-18(2)33-36(27)14-21/h4-8,11-15,19,25,37H,9-10,16H2,1-3H3,(H,31,32,39)/t19?,25-/m0/s1. The van der Waals surface area contributed by atoms with Crippen LogP contribution >= 0.6 is 0 Å². The summed E-state index contributed by atoms with van der Waals surface area (Å²) in [4.78, 5) is 36.5. The Hall–Kier alpha value is -4.57. The second-order valence-corrected chi connectivity index (χ2v) is 10.1. The van der Waals surface area contributed by atoms with Gasteiger partial charge in [-0.15, -0.1) is 0 Å². The second kappa shape index (κ2) is 9.63. The Kier molecular flexibility index (Phi) is 6.11. The molecule has 6 rings (SSSR count). The van der Waals surface area contributed by atoms with Crippen LogP contribution in [0, 0.1) is 13.8 Å². The normalized spacial score (nSPS) is 15.9. The number of aryl methyl sites for hydroxylation is 2. The summed E-state index contributed by atoms with van der Waals surface area (Å²) < 4.78 is 3.60. The van der Waals surface area contributed by atoms with Gasteiger partial charge in [0.2, 0.25) is 11.8 Å². The molecule has 0 aliphatic carbocycles. The smallest absolute Gasteiger partial charge is 0.248 e. The largest absolute Gasteiger partial charge is 0.389 e. The molecule has 198 valence electrons. The van der Waals surface area contributed by atoms with E-state index in [0.717, 1.165) is 44.6 Å². The number of nitrogens with one attached hydrogen (secondary N) is 1. The predicted molar refractivity (Wildman–Crippen MR) is 147 cm³/mol. The van der Waals surface area contributed by atoms with Crippen molar-refractivity contribution in [2.45, 2.75) is 45.9 Å². The molecule has 39 heavy (non-hydrogen) atoms. The average molecular weight is 524 g/mol. The van der Waals surface area contributed by atoms with E-state index in [-0.39, 0.29) is 18.4 Å². The van der Waals surface area contributed by atoms with Crippen LogP contribution in [0.15, 0.2) is 61.1 Å². The Morgan fingerprint density at radius 2 is 1.95 bits per heavy atom. The van der Waals surface area contributed by atoms with Crippen LogP contribution in [0.25, 0.3) is 27.7 Å². The van der Waals surface area contributed by atoms with E-state index in [1.165, 1.54) is 0 Å². The third kappa shape index (κ3) is 4.63. The molecule has 0 spiro atoms. The number of nitrogens with zero attached hydrogens (tertiary/aromatic N) is 6. The van der Waals surface area contributed by atoms with Gasteiger partial charge in [-0.3, -0.25) is 9.59 Å². The SMILES string of the molecule is Cc1cccc(NC(=O)[C@@H]2CCN2C(=O)Cn2cc(C(C)O)c3cc(-c4cnc5cc(C)nn5c4)ccc32)n1. The molecule has 4 aromatic heterocycles. The van der Waals surface area contributed by atoms with E-state index in [0.29, 0.717) is 18.8 Å². The van der Waals surface area contributed by atoms with Crippen LogP contribution in [0.3, 0.4) is 0 Å². The molecule has 1 fully saturated rings. The molecule has 5 aromatic rings. The fourth-order valence-corrected chi connectivity index (χ4v) is 5.13. The summed E-state index contributed by atoms with van der Waals surface area (Å²) >= 11 is 0. The Morgan fingerprint density at radius 3 is 2.69 bits per heavy atom. The van der Waals surface area contributed by atoms with E-state index in [2.05, 4.69) is 20.4 Å². The average Bonchev–Trinajstić information content (AvgIpc) is 3.41. The van der Waals surface area contributed by atoms with E-state index in [9.17, 15) is 14.7 Å². The Bertz CT molecular complexity index is 1740. The molecule has 0 radical (unpaired) electrons. The summed E-state index contributed by atoms with van der Waals surface area (Å²) in [5.41, 5.74) is 5.86. The number of aliphatic hydroxyl groups is 1. The van der Waals surface area contributed by atoms with Gasteiger partial charge < -0.3 is 19.9 Å². The van der Waals surface area contributed by atoms with Gasteiger partial charge in [-0.2, -0.15) is 5.10 Å². The van der Waals surface area contributed by atoms with Gasteiger partial charge in [0, 0.05) is 58.9 Å². The van der Waals surface area contributed by atoms with Crippen molar-refractivity contribution in [3.05, 3.63) is 78.0 Å².